The van der Waals surface area contributed by atoms with Gasteiger partial charge in [0.2, 0.25) is 0 Å². The SMILES string of the molecule is O=C(NCc1nccs1)N1CCC(CN2CCNC2=O)CC1. The Morgan fingerprint density at radius 1 is 1.41 bits per heavy atom. The standard InChI is InChI=1S/C14H21N5O2S/c20-13-16-3-7-19(13)10-11-1-5-18(6-2-11)14(21)17-9-12-15-4-8-22-12/h4,8,11H,1-3,5-7,9-10H2,(H,16,20)(H,17,21). The van der Waals surface area contributed by atoms with Gasteiger partial charge in [0.15, 0.2) is 0 Å². The quantitative estimate of drug-likeness (QED) is 0.871. The fourth-order valence-corrected chi connectivity index (χ4v) is 3.47. The number of carbonyl (C=O) groups is 2. The van der Waals surface area contributed by atoms with Gasteiger partial charge in [-0.2, -0.15) is 0 Å². The maximum atomic E-state index is 12.1. The Labute approximate surface area is 133 Å². The van der Waals surface area contributed by atoms with E-state index in [1.54, 1.807) is 17.5 Å². The Balaban J connectivity index is 1.39. The predicted molar refractivity (Wildman–Crippen MR) is 83.6 cm³/mol. The van der Waals surface area contributed by atoms with Crippen LogP contribution in [0.1, 0.15) is 17.8 Å². The zero-order valence-corrected chi connectivity index (χ0v) is 13.3. The van der Waals surface area contributed by atoms with Crippen molar-refractivity contribution in [2.75, 3.05) is 32.7 Å². The Hall–Kier alpha value is -1.83. The van der Waals surface area contributed by atoms with Crippen LogP contribution in [0, 0.1) is 5.92 Å². The highest BCUT2D eigenvalue weighted by Crippen LogP contribution is 2.19. The van der Waals surface area contributed by atoms with Crippen LogP contribution in [0.4, 0.5) is 9.59 Å². The third-order valence-corrected chi connectivity index (χ3v) is 4.98. The summed E-state index contributed by atoms with van der Waals surface area (Å²) in [7, 11) is 0. The number of hydrogen-bond donors (Lipinski definition) is 2. The molecule has 22 heavy (non-hydrogen) atoms. The molecule has 0 aliphatic carbocycles. The van der Waals surface area contributed by atoms with Gasteiger partial charge in [-0.25, -0.2) is 14.6 Å². The highest BCUT2D eigenvalue weighted by atomic mass is 32.1. The first-order valence-corrected chi connectivity index (χ1v) is 8.54. The van der Waals surface area contributed by atoms with Crippen LogP contribution in [0.3, 0.4) is 0 Å². The molecule has 2 N–H and O–H groups in total. The predicted octanol–water partition coefficient (Wildman–Crippen LogP) is 1.09. The molecule has 0 saturated carbocycles. The van der Waals surface area contributed by atoms with Gasteiger partial charge in [0.25, 0.3) is 0 Å². The largest absolute Gasteiger partial charge is 0.336 e. The second-order valence-electron chi connectivity index (χ2n) is 5.69. The molecule has 0 unspecified atom stereocenters. The lowest BCUT2D eigenvalue weighted by Gasteiger charge is -2.33. The zero-order chi connectivity index (χ0) is 15.4. The molecule has 120 valence electrons. The molecule has 4 amide bonds. The molecule has 0 bridgehead atoms. The number of nitrogens with one attached hydrogen (secondary N) is 2. The molecule has 2 aliphatic heterocycles. The molecule has 0 atom stereocenters. The van der Waals surface area contributed by atoms with Gasteiger partial charge in [0, 0.05) is 44.3 Å². The summed E-state index contributed by atoms with van der Waals surface area (Å²) in [5, 5.41) is 8.56. The van der Waals surface area contributed by atoms with E-state index in [9.17, 15) is 9.59 Å². The van der Waals surface area contributed by atoms with Crippen LogP contribution in [0.25, 0.3) is 0 Å². The van der Waals surface area contributed by atoms with E-state index in [1.165, 1.54) is 0 Å². The summed E-state index contributed by atoms with van der Waals surface area (Å²) in [6.07, 6.45) is 3.65. The van der Waals surface area contributed by atoms with E-state index < -0.39 is 0 Å². The number of likely N-dealkylation sites (tertiary alicyclic amines) is 1. The normalized spacial score (nSPS) is 19.4. The number of carbonyl (C=O) groups excluding carboxylic acids is 2. The van der Waals surface area contributed by atoms with Gasteiger partial charge < -0.3 is 20.4 Å². The average Bonchev–Trinajstić information content (AvgIpc) is 3.18. The highest BCUT2D eigenvalue weighted by Gasteiger charge is 2.27. The number of urea groups is 2. The van der Waals surface area contributed by atoms with Crippen LogP contribution in [-0.2, 0) is 6.54 Å². The minimum atomic E-state index is -0.0208. The third-order valence-electron chi connectivity index (χ3n) is 4.20. The number of rotatable bonds is 4. The minimum Gasteiger partial charge on any atom is -0.336 e. The van der Waals surface area contributed by atoms with Gasteiger partial charge in [0.05, 0.1) is 6.54 Å². The van der Waals surface area contributed by atoms with E-state index in [4.69, 9.17) is 0 Å². The Morgan fingerprint density at radius 3 is 2.86 bits per heavy atom. The van der Waals surface area contributed by atoms with Crippen molar-refractivity contribution in [3.63, 3.8) is 0 Å². The molecule has 3 heterocycles. The molecule has 2 aliphatic rings. The van der Waals surface area contributed by atoms with Crippen molar-refractivity contribution in [1.82, 2.24) is 25.4 Å². The van der Waals surface area contributed by atoms with Gasteiger partial charge in [0.1, 0.15) is 5.01 Å². The molecule has 0 aromatic carbocycles. The number of amides is 4. The lowest BCUT2D eigenvalue weighted by molar-refractivity contribution is 0.155. The van der Waals surface area contributed by atoms with E-state index in [2.05, 4.69) is 15.6 Å². The van der Waals surface area contributed by atoms with Crippen molar-refractivity contribution in [2.45, 2.75) is 19.4 Å². The van der Waals surface area contributed by atoms with E-state index in [-0.39, 0.29) is 12.1 Å². The summed E-state index contributed by atoms with van der Waals surface area (Å²) < 4.78 is 0. The van der Waals surface area contributed by atoms with E-state index in [0.29, 0.717) is 12.5 Å². The van der Waals surface area contributed by atoms with E-state index in [1.807, 2.05) is 15.2 Å². The zero-order valence-electron chi connectivity index (χ0n) is 12.5. The lowest BCUT2D eigenvalue weighted by Crippen LogP contribution is -2.46. The van der Waals surface area contributed by atoms with Crippen molar-refractivity contribution < 1.29 is 9.59 Å². The van der Waals surface area contributed by atoms with Crippen LogP contribution >= 0.6 is 11.3 Å². The molecular weight excluding hydrogens is 302 g/mol. The van der Waals surface area contributed by atoms with E-state index >= 15 is 0 Å². The first-order valence-electron chi connectivity index (χ1n) is 7.66. The summed E-state index contributed by atoms with van der Waals surface area (Å²) in [6, 6.07) is 0.0242. The molecule has 8 heteroatoms. The molecule has 2 saturated heterocycles. The van der Waals surface area contributed by atoms with Crippen molar-refractivity contribution in [3.8, 4) is 0 Å². The van der Waals surface area contributed by atoms with Crippen LogP contribution in [0.15, 0.2) is 11.6 Å². The smallest absolute Gasteiger partial charge is 0.317 e. The molecule has 1 aromatic rings. The molecule has 1 aromatic heterocycles. The third kappa shape index (κ3) is 3.68. The van der Waals surface area contributed by atoms with Gasteiger partial charge in [-0.05, 0) is 18.8 Å². The maximum absolute atomic E-state index is 12.1. The summed E-state index contributed by atoms with van der Waals surface area (Å²) >= 11 is 1.54. The van der Waals surface area contributed by atoms with Gasteiger partial charge >= 0.3 is 12.1 Å². The first-order chi connectivity index (χ1) is 10.7. The number of nitrogens with zero attached hydrogens (tertiary/aromatic N) is 3. The van der Waals surface area contributed by atoms with Crippen LogP contribution in [0.2, 0.25) is 0 Å². The Morgan fingerprint density at radius 2 is 2.23 bits per heavy atom. The fraction of sp³-hybridized carbons (Fsp3) is 0.643. The van der Waals surface area contributed by atoms with Crippen molar-refractivity contribution in [3.05, 3.63) is 16.6 Å². The second kappa shape index (κ2) is 6.95. The average molecular weight is 323 g/mol. The summed E-state index contributed by atoms with van der Waals surface area (Å²) in [5.74, 6) is 0.492. The molecular formula is C14H21N5O2S. The van der Waals surface area contributed by atoms with E-state index in [0.717, 1.165) is 50.6 Å². The van der Waals surface area contributed by atoms with Crippen molar-refractivity contribution >= 4 is 23.4 Å². The van der Waals surface area contributed by atoms with Crippen LogP contribution < -0.4 is 10.6 Å². The molecule has 7 nitrogen and oxygen atoms in total. The minimum absolute atomic E-state index is 0.0208. The summed E-state index contributed by atoms with van der Waals surface area (Å²) in [4.78, 5) is 31.6. The monoisotopic (exact) mass is 323 g/mol. The number of thiazole rings is 1. The Kier molecular flexibility index (Phi) is 4.77. The number of hydrogen-bond acceptors (Lipinski definition) is 4. The van der Waals surface area contributed by atoms with Crippen molar-refractivity contribution in [2.24, 2.45) is 5.92 Å². The van der Waals surface area contributed by atoms with Gasteiger partial charge in [-0.15, -0.1) is 11.3 Å². The lowest BCUT2D eigenvalue weighted by atomic mass is 9.96. The number of piperidine rings is 1. The Bertz CT molecular complexity index is 513. The number of aromatic nitrogens is 1. The summed E-state index contributed by atoms with van der Waals surface area (Å²) in [5.41, 5.74) is 0. The van der Waals surface area contributed by atoms with Gasteiger partial charge in [-0.1, -0.05) is 0 Å². The second-order valence-corrected chi connectivity index (χ2v) is 6.67. The molecule has 0 radical (unpaired) electrons. The topological polar surface area (TPSA) is 77.6 Å². The molecule has 0 spiro atoms. The molecule has 3 rings (SSSR count). The van der Waals surface area contributed by atoms with Crippen LogP contribution in [0.5, 0.6) is 0 Å². The van der Waals surface area contributed by atoms with Crippen LogP contribution in [-0.4, -0.2) is 59.6 Å². The first kappa shape index (κ1) is 15.1. The maximum Gasteiger partial charge on any atom is 0.317 e. The summed E-state index contributed by atoms with van der Waals surface area (Å²) in [6.45, 7) is 4.35. The van der Waals surface area contributed by atoms with Crippen molar-refractivity contribution in [1.29, 1.82) is 0 Å². The van der Waals surface area contributed by atoms with Gasteiger partial charge in [-0.3, -0.25) is 0 Å². The fourth-order valence-electron chi connectivity index (χ4n) is 2.92. The molecule has 2 fully saturated rings. The highest BCUT2D eigenvalue weighted by molar-refractivity contribution is 7.09.